The van der Waals surface area contributed by atoms with E-state index >= 15 is 0 Å². The van der Waals surface area contributed by atoms with Crippen molar-refractivity contribution < 1.29 is 14.6 Å². The predicted molar refractivity (Wildman–Crippen MR) is 99.0 cm³/mol. The normalized spacial score (nSPS) is 19.8. The molecule has 3 rings (SSSR count). The number of benzene rings is 2. The van der Waals surface area contributed by atoms with Gasteiger partial charge in [-0.1, -0.05) is 31.2 Å². The van der Waals surface area contributed by atoms with Crippen LogP contribution in [0.15, 0.2) is 36.4 Å². The van der Waals surface area contributed by atoms with Crippen molar-refractivity contribution in [3.05, 3.63) is 42.0 Å². The minimum absolute atomic E-state index is 0.135. The SMILES string of the molecule is CCN(CC(=O)O)C1CC(NCc2cc(OC)c3ccccc3c2)C1. The van der Waals surface area contributed by atoms with Gasteiger partial charge in [0.2, 0.25) is 0 Å². The molecule has 0 saturated heterocycles. The number of likely N-dealkylation sites (N-methyl/N-ethyl adjacent to an activating group) is 1. The number of aliphatic carboxylic acids is 1. The van der Waals surface area contributed by atoms with E-state index in [2.05, 4.69) is 29.6 Å². The number of nitrogens with one attached hydrogen (secondary N) is 1. The molecule has 0 heterocycles. The average molecular weight is 342 g/mol. The predicted octanol–water partition coefficient (Wildman–Crippen LogP) is 2.88. The Labute approximate surface area is 148 Å². The number of hydrogen-bond acceptors (Lipinski definition) is 4. The summed E-state index contributed by atoms with van der Waals surface area (Å²) in [6.07, 6.45) is 2.01. The van der Waals surface area contributed by atoms with Crippen molar-refractivity contribution >= 4 is 16.7 Å². The maximum atomic E-state index is 10.9. The molecule has 1 fully saturated rings. The van der Waals surface area contributed by atoms with Gasteiger partial charge in [0.25, 0.3) is 0 Å². The van der Waals surface area contributed by atoms with Crippen LogP contribution in [0, 0.1) is 0 Å². The third-order valence-corrected chi connectivity index (χ3v) is 5.07. The molecule has 25 heavy (non-hydrogen) atoms. The Morgan fingerprint density at radius 2 is 2.08 bits per heavy atom. The highest BCUT2D eigenvalue weighted by Crippen LogP contribution is 2.29. The topological polar surface area (TPSA) is 61.8 Å². The first-order valence-electron chi connectivity index (χ1n) is 8.85. The maximum absolute atomic E-state index is 10.9. The fourth-order valence-corrected chi connectivity index (χ4v) is 3.59. The van der Waals surface area contributed by atoms with E-state index in [1.165, 1.54) is 10.9 Å². The fourth-order valence-electron chi connectivity index (χ4n) is 3.59. The van der Waals surface area contributed by atoms with E-state index in [0.717, 1.165) is 37.1 Å². The van der Waals surface area contributed by atoms with Gasteiger partial charge in [0.15, 0.2) is 0 Å². The molecule has 5 heteroatoms. The number of fused-ring (bicyclic) bond motifs is 1. The van der Waals surface area contributed by atoms with Gasteiger partial charge in [0.05, 0.1) is 13.7 Å². The first-order chi connectivity index (χ1) is 12.1. The Morgan fingerprint density at radius 3 is 2.76 bits per heavy atom. The molecule has 0 atom stereocenters. The zero-order valence-electron chi connectivity index (χ0n) is 14.9. The minimum Gasteiger partial charge on any atom is -0.496 e. The monoisotopic (exact) mass is 342 g/mol. The largest absolute Gasteiger partial charge is 0.496 e. The lowest BCUT2D eigenvalue weighted by Gasteiger charge is -2.42. The van der Waals surface area contributed by atoms with Gasteiger partial charge in [-0.3, -0.25) is 9.69 Å². The van der Waals surface area contributed by atoms with Gasteiger partial charge in [-0.2, -0.15) is 0 Å². The molecule has 0 radical (unpaired) electrons. The molecule has 0 unspecified atom stereocenters. The summed E-state index contributed by atoms with van der Waals surface area (Å²) in [5.74, 6) is 0.154. The van der Waals surface area contributed by atoms with Gasteiger partial charge < -0.3 is 15.2 Å². The van der Waals surface area contributed by atoms with Crippen LogP contribution in [0.1, 0.15) is 25.3 Å². The van der Waals surface area contributed by atoms with Gasteiger partial charge in [-0.25, -0.2) is 0 Å². The second kappa shape index (κ2) is 7.85. The molecule has 2 aromatic carbocycles. The summed E-state index contributed by atoms with van der Waals surface area (Å²) in [5, 5.41) is 14.9. The Balaban J connectivity index is 1.57. The highest BCUT2D eigenvalue weighted by molar-refractivity contribution is 5.89. The molecule has 0 spiro atoms. The molecule has 0 amide bonds. The summed E-state index contributed by atoms with van der Waals surface area (Å²) < 4.78 is 5.53. The molecule has 0 aliphatic heterocycles. The standard InChI is InChI=1S/C20H26N2O3/c1-3-22(13-20(23)24)17-10-16(11-17)21-12-14-8-15-6-4-5-7-18(15)19(9-14)25-2/h4-9,16-17,21H,3,10-13H2,1-2H3,(H,23,24). The van der Waals surface area contributed by atoms with E-state index in [9.17, 15) is 4.79 Å². The van der Waals surface area contributed by atoms with Crippen LogP contribution in [0.2, 0.25) is 0 Å². The Kier molecular flexibility index (Phi) is 5.56. The lowest BCUT2D eigenvalue weighted by Crippen LogP contribution is -2.53. The van der Waals surface area contributed by atoms with E-state index in [1.54, 1.807) is 7.11 Å². The van der Waals surface area contributed by atoms with Crippen LogP contribution >= 0.6 is 0 Å². The van der Waals surface area contributed by atoms with Crippen LogP contribution < -0.4 is 10.1 Å². The van der Waals surface area contributed by atoms with Crippen LogP contribution in [0.5, 0.6) is 5.75 Å². The van der Waals surface area contributed by atoms with E-state index in [0.29, 0.717) is 12.1 Å². The minimum atomic E-state index is -0.749. The smallest absolute Gasteiger partial charge is 0.317 e. The lowest BCUT2D eigenvalue weighted by atomic mass is 9.85. The molecule has 2 aromatic rings. The number of carboxylic acids is 1. The molecular formula is C20H26N2O3. The van der Waals surface area contributed by atoms with Crippen LogP contribution in [-0.2, 0) is 11.3 Å². The lowest BCUT2D eigenvalue weighted by molar-refractivity contribution is -0.139. The van der Waals surface area contributed by atoms with Crippen molar-refractivity contribution in [2.24, 2.45) is 0 Å². The second-order valence-corrected chi connectivity index (χ2v) is 6.68. The summed E-state index contributed by atoms with van der Waals surface area (Å²) in [6.45, 7) is 3.73. The van der Waals surface area contributed by atoms with Crippen LogP contribution in [-0.4, -0.2) is 48.3 Å². The maximum Gasteiger partial charge on any atom is 0.317 e. The van der Waals surface area contributed by atoms with E-state index in [1.807, 2.05) is 24.0 Å². The number of rotatable bonds is 8. The quantitative estimate of drug-likeness (QED) is 0.772. The fraction of sp³-hybridized carbons (Fsp3) is 0.450. The Bertz CT molecular complexity index is 741. The molecule has 5 nitrogen and oxygen atoms in total. The first kappa shape index (κ1) is 17.7. The Morgan fingerprint density at radius 1 is 1.32 bits per heavy atom. The molecular weight excluding hydrogens is 316 g/mol. The van der Waals surface area contributed by atoms with Gasteiger partial charge in [0.1, 0.15) is 5.75 Å². The molecule has 1 aliphatic rings. The molecule has 1 saturated carbocycles. The highest BCUT2D eigenvalue weighted by atomic mass is 16.5. The van der Waals surface area contributed by atoms with E-state index in [-0.39, 0.29) is 6.54 Å². The van der Waals surface area contributed by atoms with Gasteiger partial charge in [-0.05, 0) is 42.5 Å². The third-order valence-electron chi connectivity index (χ3n) is 5.07. The summed E-state index contributed by atoms with van der Waals surface area (Å²) in [7, 11) is 1.71. The summed E-state index contributed by atoms with van der Waals surface area (Å²) >= 11 is 0. The molecule has 2 N–H and O–H groups in total. The van der Waals surface area contributed by atoms with Gasteiger partial charge >= 0.3 is 5.97 Å². The van der Waals surface area contributed by atoms with Crippen molar-refractivity contribution in [1.82, 2.24) is 10.2 Å². The second-order valence-electron chi connectivity index (χ2n) is 6.68. The van der Waals surface area contributed by atoms with Crippen molar-refractivity contribution in [3.8, 4) is 5.75 Å². The number of methoxy groups -OCH3 is 1. The number of ether oxygens (including phenoxy) is 1. The number of carbonyl (C=O) groups is 1. The van der Waals surface area contributed by atoms with Crippen LogP contribution in [0.4, 0.5) is 0 Å². The zero-order chi connectivity index (χ0) is 17.8. The van der Waals surface area contributed by atoms with Crippen LogP contribution in [0.25, 0.3) is 10.8 Å². The third kappa shape index (κ3) is 4.11. The van der Waals surface area contributed by atoms with Gasteiger partial charge in [0, 0.05) is 24.0 Å². The molecule has 0 aromatic heterocycles. The molecule has 0 bridgehead atoms. The number of carboxylic acid groups (broad SMARTS) is 1. The summed E-state index contributed by atoms with van der Waals surface area (Å²) in [5.41, 5.74) is 1.21. The van der Waals surface area contributed by atoms with Crippen molar-refractivity contribution in [1.29, 1.82) is 0 Å². The molecule has 1 aliphatic carbocycles. The summed E-state index contributed by atoms with van der Waals surface area (Å²) in [6, 6.07) is 13.4. The number of hydrogen-bond donors (Lipinski definition) is 2. The molecule has 134 valence electrons. The van der Waals surface area contributed by atoms with E-state index < -0.39 is 5.97 Å². The Hall–Kier alpha value is -2.11. The van der Waals surface area contributed by atoms with Crippen molar-refractivity contribution in [2.75, 3.05) is 20.2 Å². The zero-order valence-corrected chi connectivity index (χ0v) is 14.9. The van der Waals surface area contributed by atoms with Crippen molar-refractivity contribution in [3.63, 3.8) is 0 Å². The highest BCUT2D eigenvalue weighted by Gasteiger charge is 2.33. The van der Waals surface area contributed by atoms with Gasteiger partial charge in [-0.15, -0.1) is 0 Å². The average Bonchev–Trinajstić information content (AvgIpc) is 2.58. The van der Waals surface area contributed by atoms with E-state index in [4.69, 9.17) is 9.84 Å². The number of nitrogens with zero attached hydrogens (tertiary/aromatic N) is 1. The first-order valence-corrected chi connectivity index (χ1v) is 8.85. The summed E-state index contributed by atoms with van der Waals surface area (Å²) in [4.78, 5) is 12.9. The van der Waals surface area contributed by atoms with Crippen LogP contribution in [0.3, 0.4) is 0 Å². The van der Waals surface area contributed by atoms with Crippen molar-refractivity contribution in [2.45, 2.75) is 38.4 Å².